The molecule has 2 heterocycles. The van der Waals surface area contributed by atoms with Crippen molar-refractivity contribution in [1.29, 1.82) is 0 Å². The summed E-state index contributed by atoms with van der Waals surface area (Å²) in [6.45, 7) is 6.67. The molecular weight excluding hydrogens is 192 g/mol. The second-order valence-corrected chi connectivity index (χ2v) is 4.95. The Bertz CT molecular complexity index is 249. The van der Waals surface area contributed by atoms with E-state index in [4.69, 9.17) is 4.74 Å². The third-order valence-corrected chi connectivity index (χ3v) is 3.51. The van der Waals surface area contributed by atoms with Crippen LogP contribution in [0, 0.1) is 5.92 Å². The van der Waals surface area contributed by atoms with Gasteiger partial charge in [-0.05, 0) is 33.2 Å². The van der Waals surface area contributed by atoms with Crippen molar-refractivity contribution >= 4 is 5.91 Å². The number of hydrogen-bond donors (Lipinski definition) is 2. The molecule has 1 amide bonds. The Morgan fingerprint density at radius 2 is 2.40 bits per heavy atom. The molecule has 86 valence electrons. The third kappa shape index (κ3) is 2.32. The minimum atomic E-state index is -0.0562. The summed E-state index contributed by atoms with van der Waals surface area (Å²) in [5.74, 6) is 0.202. The van der Waals surface area contributed by atoms with Gasteiger partial charge in [-0.25, -0.2) is 0 Å². The van der Waals surface area contributed by atoms with Crippen LogP contribution in [0.2, 0.25) is 0 Å². The van der Waals surface area contributed by atoms with E-state index >= 15 is 0 Å². The van der Waals surface area contributed by atoms with E-state index in [0.717, 1.165) is 25.9 Å². The van der Waals surface area contributed by atoms with Crippen LogP contribution >= 0.6 is 0 Å². The van der Waals surface area contributed by atoms with Crippen molar-refractivity contribution in [2.24, 2.45) is 5.92 Å². The van der Waals surface area contributed by atoms with Gasteiger partial charge in [0.1, 0.15) is 0 Å². The molecule has 0 spiro atoms. The molecule has 0 aromatic heterocycles. The standard InChI is InChI=1S/C11H20N2O2/c1-8-9(3-6-15-8)10(14)13-11(2)4-5-12-7-11/h8-9,12H,3-7H2,1-2H3,(H,13,14). The minimum Gasteiger partial charge on any atom is -0.378 e. The van der Waals surface area contributed by atoms with Crippen LogP contribution in [0.15, 0.2) is 0 Å². The lowest BCUT2D eigenvalue weighted by molar-refractivity contribution is -0.128. The molecule has 2 aliphatic heterocycles. The summed E-state index contributed by atoms with van der Waals surface area (Å²) in [6, 6.07) is 0. The maximum Gasteiger partial charge on any atom is 0.226 e. The molecule has 0 bridgehead atoms. The lowest BCUT2D eigenvalue weighted by Gasteiger charge is -2.27. The number of ether oxygens (including phenoxy) is 1. The van der Waals surface area contributed by atoms with Gasteiger partial charge in [-0.1, -0.05) is 0 Å². The third-order valence-electron chi connectivity index (χ3n) is 3.51. The Kier molecular flexibility index (Phi) is 2.98. The number of rotatable bonds is 2. The number of carbonyl (C=O) groups excluding carboxylic acids is 1. The van der Waals surface area contributed by atoms with Gasteiger partial charge < -0.3 is 15.4 Å². The summed E-state index contributed by atoms with van der Waals surface area (Å²) in [6.07, 6.45) is 1.94. The molecule has 4 nitrogen and oxygen atoms in total. The van der Waals surface area contributed by atoms with Crippen LogP contribution in [0.5, 0.6) is 0 Å². The Hall–Kier alpha value is -0.610. The van der Waals surface area contributed by atoms with Gasteiger partial charge in [0.25, 0.3) is 0 Å². The van der Waals surface area contributed by atoms with E-state index < -0.39 is 0 Å². The first-order valence-corrected chi connectivity index (χ1v) is 5.75. The van der Waals surface area contributed by atoms with Gasteiger partial charge in [-0.2, -0.15) is 0 Å². The quantitative estimate of drug-likeness (QED) is 0.691. The maximum absolute atomic E-state index is 12.0. The highest BCUT2D eigenvalue weighted by molar-refractivity contribution is 5.80. The first kappa shape index (κ1) is 10.9. The van der Waals surface area contributed by atoms with Crippen molar-refractivity contribution in [2.45, 2.75) is 38.3 Å². The fourth-order valence-corrected chi connectivity index (χ4v) is 2.39. The smallest absolute Gasteiger partial charge is 0.226 e. The van der Waals surface area contributed by atoms with Gasteiger partial charge in [0, 0.05) is 13.2 Å². The Morgan fingerprint density at radius 3 is 2.93 bits per heavy atom. The topological polar surface area (TPSA) is 50.4 Å². The first-order valence-electron chi connectivity index (χ1n) is 5.75. The Balaban J connectivity index is 1.91. The second-order valence-electron chi connectivity index (χ2n) is 4.95. The molecule has 4 heteroatoms. The normalized spacial score (nSPS) is 40.7. The number of nitrogens with one attached hydrogen (secondary N) is 2. The number of hydrogen-bond acceptors (Lipinski definition) is 3. The molecule has 2 aliphatic rings. The highest BCUT2D eigenvalue weighted by Gasteiger charge is 2.36. The summed E-state index contributed by atoms with van der Waals surface area (Å²) < 4.78 is 5.41. The van der Waals surface area contributed by atoms with Gasteiger partial charge in [-0.15, -0.1) is 0 Å². The Morgan fingerprint density at radius 1 is 1.60 bits per heavy atom. The van der Waals surface area contributed by atoms with Crippen LogP contribution in [0.4, 0.5) is 0 Å². The lowest BCUT2D eigenvalue weighted by Crippen LogP contribution is -2.50. The van der Waals surface area contributed by atoms with Gasteiger partial charge in [0.15, 0.2) is 0 Å². The minimum absolute atomic E-state index is 0.0439. The van der Waals surface area contributed by atoms with Crippen molar-refractivity contribution in [2.75, 3.05) is 19.7 Å². The van der Waals surface area contributed by atoms with Crippen molar-refractivity contribution < 1.29 is 9.53 Å². The molecule has 15 heavy (non-hydrogen) atoms. The summed E-state index contributed by atoms with van der Waals surface area (Å²) in [7, 11) is 0. The second kappa shape index (κ2) is 4.10. The fourth-order valence-electron chi connectivity index (χ4n) is 2.39. The first-order chi connectivity index (χ1) is 7.11. The number of carbonyl (C=O) groups is 1. The monoisotopic (exact) mass is 212 g/mol. The fraction of sp³-hybridized carbons (Fsp3) is 0.909. The average Bonchev–Trinajstić information content (AvgIpc) is 2.74. The molecule has 0 aromatic rings. The lowest BCUT2D eigenvalue weighted by atomic mass is 9.97. The van der Waals surface area contributed by atoms with Gasteiger partial charge >= 0.3 is 0 Å². The molecule has 0 aliphatic carbocycles. The highest BCUT2D eigenvalue weighted by atomic mass is 16.5. The van der Waals surface area contributed by atoms with E-state index in [-0.39, 0.29) is 23.5 Å². The predicted molar refractivity (Wildman–Crippen MR) is 57.6 cm³/mol. The molecule has 0 aromatic carbocycles. The van der Waals surface area contributed by atoms with E-state index in [2.05, 4.69) is 17.6 Å². The SMILES string of the molecule is CC1OCCC1C(=O)NC1(C)CCNC1. The van der Waals surface area contributed by atoms with Crippen molar-refractivity contribution in [1.82, 2.24) is 10.6 Å². The molecular formula is C11H20N2O2. The van der Waals surface area contributed by atoms with Crippen LogP contribution in [0.1, 0.15) is 26.7 Å². The largest absolute Gasteiger partial charge is 0.378 e. The summed E-state index contributed by atoms with van der Waals surface area (Å²) in [5.41, 5.74) is -0.0562. The van der Waals surface area contributed by atoms with E-state index in [1.165, 1.54) is 0 Å². The maximum atomic E-state index is 12.0. The van der Waals surface area contributed by atoms with Crippen molar-refractivity contribution in [3.8, 4) is 0 Å². The molecule has 2 rings (SSSR count). The van der Waals surface area contributed by atoms with E-state index in [0.29, 0.717) is 6.61 Å². The van der Waals surface area contributed by atoms with E-state index in [1.807, 2.05) is 6.92 Å². The molecule has 2 saturated heterocycles. The van der Waals surface area contributed by atoms with E-state index in [9.17, 15) is 4.79 Å². The van der Waals surface area contributed by atoms with Gasteiger partial charge in [-0.3, -0.25) is 4.79 Å². The van der Waals surface area contributed by atoms with Crippen molar-refractivity contribution in [3.05, 3.63) is 0 Å². The zero-order valence-corrected chi connectivity index (χ0v) is 9.51. The average molecular weight is 212 g/mol. The summed E-state index contributed by atoms with van der Waals surface area (Å²) in [4.78, 5) is 12.0. The van der Waals surface area contributed by atoms with Gasteiger partial charge in [0.05, 0.1) is 17.6 Å². The predicted octanol–water partition coefficient (Wildman–Crippen LogP) is 0.280. The van der Waals surface area contributed by atoms with Crippen LogP contribution in [-0.2, 0) is 9.53 Å². The summed E-state index contributed by atoms with van der Waals surface area (Å²) in [5, 5.41) is 6.42. The van der Waals surface area contributed by atoms with E-state index in [1.54, 1.807) is 0 Å². The molecule has 3 unspecified atom stereocenters. The molecule has 2 fully saturated rings. The molecule has 2 N–H and O–H groups in total. The van der Waals surface area contributed by atoms with Crippen LogP contribution in [0.25, 0.3) is 0 Å². The van der Waals surface area contributed by atoms with Crippen LogP contribution < -0.4 is 10.6 Å². The molecule has 0 saturated carbocycles. The van der Waals surface area contributed by atoms with Crippen molar-refractivity contribution in [3.63, 3.8) is 0 Å². The van der Waals surface area contributed by atoms with Crippen LogP contribution in [0.3, 0.4) is 0 Å². The summed E-state index contributed by atoms with van der Waals surface area (Å²) >= 11 is 0. The zero-order valence-electron chi connectivity index (χ0n) is 9.51. The highest BCUT2D eigenvalue weighted by Crippen LogP contribution is 2.22. The van der Waals surface area contributed by atoms with Gasteiger partial charge in [0.2, 0.25) is 5.91 Å². The molecule has 3 atom stereocenters. The number of amides is 1. The zero-order chi connectivity index (χ0) is 10.9. The molecule has 0 radical (unpaired) electrons. The Labute approximate surface area is 90.8 Å². The van der Waals surface area contributed by atoms with Crippen LogP contribution in [-0.4, -0.2) is 37.2 Å².